The molecule has 0 unspecified atom stereocenters. The van der Waals surface area contributed by atoms with Gasteiger partial charge in [0, 0.05) is 13.5 Å². The molecule has 2 heterocycles. The molecule has 0 bridgehead atoms. The van der Waals surface area contributed by atoms with Crippen LogP contribution in [0.2, 0.25) is 0 Å². The summed E-state index contributed by atoms with van der Waals surface area (Å²) in [6.07, 6.45) is -0.690. The van der Waals surface area contributed by atoms with Crippen LogP contribution in [0.15, 0.2) is 16.8 Å². The number of nitrogens with zero attached hydrogens (tertiary/aromatic N) is 1. The SMILES string of the molecule is COC[C@H](O)CN1C(=O)C[C@@](C)(c2ccsc2)C1=O. The Bertz CT molecular complexity index is 473. The summed E-state index contributed by atoms with van der Waals surface area (Å²) in [6, 6.07) is 1.87. The van der Waals surface area contributed by atoms with Gasteiger partial charge in [-0.2, -0.15) is 11.3 Å². The van der Waals surface area contributed by atoms with E-state index in [1.807, 2.05) is 16.8 Å². The van der Waals surface area contributed by atoms with Crippen molar-refractivity contribution in [1.82, 2.24) is 4.90 Å². The lowest BCUT2D eigenvalue weighted by Gasteiger charge is -2.22. The lowest BCUT2D eigenvalue weighted by molar-refractivity contribution is -0.141. The molecule has 6 heteroatoms. The van der Waals surface area contributed by atoms with E-state index in [-0.39, 0.29) is 31.4 Å². The number of aliphatic hydroxyl groups excluding tert-OH is 1. The standard InChI is InChI=1S/C13H17NO4S/c1-13(9-3-4-19-8-9)5-11(16)14(12(13)17)6-10(15)7-18-2/h3-4,8,10,15H,5-7H2,1-2H3/t10-,13+/m1/s1. The van der Waals surface area contributed by atoms with Gasteiger partial charge in [-0.05, 0) is 29.3 Å². The Balaban J connectivity index is 2.17. The number of ether oxygens (including phenoxy) is 1. The number of likely N-dealkylation sites (tertiary alicyclic amines) is 1. The minimum absolute atomic E-state index is 0.00870. The number of amides is 2. The van der Waals surface area contributed by atoms with E-state index < -0.39 is 11.5 Å². The van der Waals surface area contributed by atoms with E-state index in [9.17, 15) is 14.7 Å². The second-order valence-corrected chi connectivity index (χ2v) is 5.72. The third kappa shape index (κ3) is 2.56. The maximum atomic E-state index is 12.4. The van der Waals surface area contributed by atoms with Crippen LogP contribution in [-0.2, 0) is 19.7 Å². The number of carbonyl (C=O) groups excluding carboxylic acids is 2. The van der Waals surface area contributed by atoms with Crippen molar-refractivity contribution in [2.75, 3.05) is 20.3 Å². The maximum Gasteiger partial charge on any atom is 0.240 e. The minimum atomic E-state index is -0.845. The van der Waals surface area contributed by atoms with Gasteiger partial charge in [-0.25, -0.2) is 0 Å². The van der Waals surface area contributed by atoms with Gasteiger partial charge in [0.25, 0.3) is 0 Å². The maximum absolute atomic E-state index is 12.4. The Kier molecular flexibility index (Phi) is 4.03. The molecule has 1 aliphatic rings. The van der Waals surface area contributed by atoms with Crippen LogP contribution in [0.5, 0.6) is 0 Å². The molecule has 0 spiro atoms. The summed E-state index contributed by atoms with van der Waals surface area (Å²) in [6.45, 7) is 1.87. The number of thiophene rings is 1. The van der Waals surface area contributed by atoms with Gasteiger partial charge in [0.05, 0.1) is 24.7 Å². The molecule has 1 saturated heterocycles. The van der Waals surface area contributed by atoms with E-state index in [4.69, 9.17) is 4.74 Å². The summed E-state index contributed by atoms with van der Waals surface area (Å²) < 4.78 is 4.81. The molecule has 1 aliphatic heterocycles. The van der Waals surface area contributed by atoms with Gasteiger partial charge in [-0.15, -0.1) is 0 Å². The molecule has 1 N–H and O–H groups in total. The molecule has 0 aromatic carbocycles. The van der Waals surface area contributed by atoms with Crippen molar-refractivity contribution in [3.8, 4) is 0 Å². The number of aliphatic hydroxyl groups is 1. The predicted octanol–water partition coefficient (Wildman–Crippen LogP) is 0.772. The highest BCUT2D eigenvalue weighted by atomic mass is 32.1. The number of carbonyl (C=O) groups is 2. The second kappa shape index (κ2) is 5.40. The van der Waals surface area contributed by atoms with Gasteiger partial charge in [0.2, 0.25) is 11.8 Å². The molecule has 0 aliphatic carbocycles. The van der Waals surface area contributed by atoms with Gasteiger partial charge in [0.15, 0.2) is 0 Å². The molecule has 1 aromatic heterocycles. The van der Waals surface area contributed by atoms with Crippen molar-refractivity contribution in [2.45, 2.75) is 24.9 Å². The zero-order valence-corrected chi connectivity index (χ0v) is 11.8. The summed E-state index contributed by atoms with van der Waals surface area (Å²) in [7, 11) is 1.46. The molecule has 1 fully saturated rings. The fraction of sp³-hybridized carbons (Fsp3) is 0.538. The fourth-order valence-corrected chi connectivity index (χ4v) is 3.12. The predicted molar refractivity (Wildman–Crippen MR) is 70.9 cm³/mol. The topological polar surface area (TPSA) is 66.8 Å². The third-order valence-corrected chi connectivity index (χ3v) is 4.12. The van der Waals surface area contributed by atoms with Crippen LogP contribution in [-0.4, -0.2) is 48.2 Å². The molecule has 0 saturated carbocycles. The first kappa shape index (κ1) is 14.2. The number of rotatable bonds is 5. The van der Waals surface area contributed by atoms with Crippen LogP contribution in [0.1, 0.15) is 18.9 Å². The Morgan fingerprint density at radius 1 is 1.58 bits per heavy atom. The molecular formula is C13H17NO4S. The Morgan fingerprint density at radius 2 is 2.32 bits per heavy atom. The highest BCUT2D eigenvalue weighted by Crippen LogP contribution is 2.37. The van der Waals surface area contributed by atoms with Crippen LogP contribution < -0.4 is 0 Å². The lowest BCUT2D eigenvalue weighted by atomic mass is 9.83. The largest absolute Gasteiger partial charge is 0.389 e. The van der Waals surface area contributed by atoms with Gasteiger partial charge >= 0.3 is 0 Å². The number of hydrogen-bond acceptors (Lipinski definition) is 5. The molecule has 5 nitrogen and oxygen atoms in total. The van der Waals surface area contributed by atoms with E-state index in [0.29, 0.717) is 0 Å². The van der Waals surface area contributed by atoms with Crippen molar-refractivity contribution >= 4 is 23.2 Å². The summed E-state index contributed by atoms with van der Waals surface area (Å²) in [4.78, 5) is 25.6. The van der Waals surface area contributed by atoms with Crippen molar-refractivity contribution < 1.29 is 19.4 Å². The number of methoxy groups -OCH3 is 1. The number of hydrogen-bond donors (Lipinski definition) is 1. The average Bonchev–Trinajstić information content (AvgIpc) is 2.94. The molecule has 104 valence electrons. The van der Waals surface area contributed by atoms with Crippen LogP contribution in [0.25, 0.3) is 0 Å². The summed E-state index contributed by atoms with van der Waals surface area (Å²) in [5, 5.41) is 13.5. The third-order valence-electron chi connectivity index (χ3n) is 3.43. The molecular weight excluding hydrogens is 266 g/mol. The first-order chi connectivity index (χ1) is 8.99. The molecule has 2 rings (SSSR count). The Hall–Kier alpha value is -1.24. The average molecular weight is 283 g/mol. The quantitative estimate of drug-likeness (QED) is 0.811. The van der Waals surface area contributed by atoms with Crippen molar-refractivity contribution in [2.24, 2.45) is 0 Å². The summed E-state index contributed by atoms with van der Waals surface area (Å²) in [5.41, 5.74) is 0.0590. The Morgan fingerprint density at radius 3 is 2.89 bits per heavy atom. The van der Waals surface area contributed by atoms with E-state index in [1.165, 1.54) is 18.4 Å². The van der Waals surface area contributed by atoms with E-state index in [0.717, 1.165) is 10.5 Å². The highest BCUT2D eigenvalue weighted by Gasteiger charge is 2.49. The molecule has 19 heavy (non-hydrogen) atoms. The van der Waals surface area contributed by atoms with Gasteiger partial charge < -0.3 is 9.84 Å². The van der Waals surface area contributed by atoms with E-state index in [1.54, 1.807) is 6.92 Å². The monoisotopic (exact) mass is 283 g/mol. The number of β-amino-alcohol motifs (C(OH)–C–C–N with tert-alkyl or cyclic N) is 1. The lowest BCUT2D eigenvalue weighted by Crippen LogP contribution is -2.41. The van der Waals surface area contributed by atoms with Crippen LogP contribution in [0.4, 0.5) is 0 Å². The molecule has 1 aromatic rings. The fourth-order valence-electron chi connectivity index (χ4n) is 2.33. The number of imide groups is 1. The second-order valence-electron chi connectivity index (χ2n) is 4.94. The van der Waals surface area contributed by atoms with Crippen LogP contribution >= 0.6 is 11.3 Å². The van der Waals surface area contributed by atoms with Crippen molar-refractivity contribution in [3.05, 3.63) is 22.4 Å². The smallest absolute Gasteiger partial charge is 0.240 e. The van der Waals surface area contributed by atoms with E-state index >= 15 is 0 Å². The summed E-state index contributed by atoms with van der Waals surface area (Å²) >= 11 is 1.50. The van der Waals surface area contributed by atoms with Crippen LogP contribution in [0, 0.1) is 0 Å². The molecule has 0 radical (unpaired) electrons. The normalized spacial score (nSPS) is 25.1. The van der Waals surface area contributed by atoms with Crippen LogP contribution in [0.3, 0.4) is 0 Å². The zero-order chi connectivity index (χ0) is 14.0. The van der Waals surface area contributed by atoms with Crippen molar-refractivity contribution in [1.29, 1.82) is 0 Å². The van der Waals surface area contributed by atoms with Gasteiger partial charge in [-0.3, -0.25) is 14.5 Å². The van der Waals surface area contributed by atoms with Gasteiger partial charge in [-0.1, -0.05) is 0 Å². The minimum Gasteiger partial charge on any atom is -0.389 e. The van der Waals surface area contributed by atoms with Gasteiger partial charge in [0.1, 0.15) is 0 Å². The first-order valence-corrected chi connectivity index (χ1v) is 6.98. The summed E-state index contributed by atoms with van der Waals surface area (Å²) in [5.74, 6) is -0.486. The Labute approximate surface area is 115 Å². The molecule has 2 amide bonds. The highest BCUT2D eigenvalue weighted by molar-refractivity contribution is 7.08. The van der Waals surface area contributed by atoms with Crippen molar-refractivity contribution in [3.63, 3.8) is 0 Å². The zero-order valence-electron chi connectivity index (χ0n) is 11.0. The molecule has 2 atom stereocenters. The van der Waals surface area contributed by atoms with E-state index in [2.05, 4.69) is 0 Å². The first-order valence-electron chi connectivity index (χ1n) is 6.03.